The fraction of sp³-hybridized carbons (Fsp3) is 0.476. The predicted molar refractivity (Wildman–Crippen MR) is 101 cm³/mol. The zero-order valence-corrected chi connectivity index (χ0v) is 15.3. The lowest BCUT2D eigenvalue weighted by Crippen LogP contribution is -2.48. The lowest BCUT2D eigenvalue weighted by molar-refractivity contribution is -0.135. The normalized spacial score (nSPS) is 22.9. The summed E-state index contributed by atoms with van der Waals surface area (Å²) in [6.07, 6.45) is 8.34. The molecule has 6 nitrogen and oxygen atoms in total. The number of nitrogens with zero attached hydrogens (tertiary/aromatic N) is 3. The van der Waals surface area contributed by atoms with E-state index in [1.54, 1.807) is 4.90 Å². The van der Waals surface area contributed by atoms with E-state index in [0.29, 0.717) is 43.6 Å². The number of terminal acetylenes is 1. The summed E-state index contributed by atoms with van der Waals surface area (Å²) in [6.45, 7) is 2.21. The van der Waals surface area contributed by atoms with Crippen LogP contribution in [0.2, 0.25) is 0 Å². The summed E-state index contributed by atoms with van der Waals surface area (Å²) in [4.78, 5) is 13.8. The first kappa shape index (κ1) is 17.7. The number of aromatic nitrogens is 2. The van der Waals surface area contributed by atoms with Crippen LogP contribution in [-0.2, 0) is 4.79 Å². The van der Waals surface area contributed by atoms with Crippen LogP contribution >= 0.6 is 0 Å². The van der Waals surface area contributed by atoms with E-state index in [1.807, 2.05) is 6.07 Å². The Morgan fingerprint density at radius 1 is 1.26 bits per heavy atom. The molecule has 3 heterocycles. The second kappa shape index (κ2) is 7.93. The Balaban J connectivity index is 1.42. The van der Waals surface area contributed by atoms with Crippen molar-refractivity contribution >= 4 is 5.91 Å². The molecule has 0 radical (unpaired) electrons. The fourth-order valence-corrected chi connectivity index (χ4v) is 3.92. The maximum atomic E-state index is 12.0. The third-order valence-electron chi connectivity index (χ3n) is 5.48. The van der Waals surface area contributed by atoms with E-state index >= 15 is 0 Å². The number of likely N-dealkylation sites (tertiary alicyclic amines) is 1. The van der Waals surface area contributed by atoms with E-state index < -0.39 is 0 Å². The van der Waals surface area contributed by atoms with Gasteiger partial charge in [0.05, 0.1) is 12.0 Å². The second-order valence-electron chi connectivity index (χ2n) is 7.27. The van der Waals surface area contributed by atoms with Crippen LogP contribution in [0.5, 0.6) is 0 Å². The average molecular weight is 364 g/mol. The molecule has 27 heavy (non-hydrogen) atoms. The van der Waals surface area contributed by atoms with Gasteiger partial charge in [-0.2, -0.15) is 0 Å². The predicted octanol–water partition coefficient (Wildman–Crippen LogP) is 2.62. The minimum absolute atomic E-state index is 0.0378. The van der Waals surface area contributed by atoms with Gasteiger partial charge in [0, 0.05) is 31.8 Å². The number of benzene rings is 1. The van der Waals surface area contributed by atoms with Crippen molar-refractivity contribution in [2.24, 2.45) is 0 Å². The summed E-state index contributed by atoms with van der Waals surface area (Å²) in [7, 11) is 0. The van der Waals surface area contributed by atoms with Crippen molar-refractivity contribution < 1.29 is 9.21 Å². The third-order valence-corrected chi connectivity index (χ3v) is 5.48. The highest BCUT2D eigenvalue weighted by molar-refractivity contribution is 5.77. The lowest BCUT2D eigenvalue weighted by atomic mass is 9.85. The highest BCUT2D eigenvalue weighted by atomic mass is 16.4. The smallest absolute Gasteiger partial charge is 0.234 e. The summed E-state index contributed by atoms with van der Waals surface area (Å²) in [5.41, 5.74) is 1.29. The van der Waals surface area contributed by atoms with Gasteiger partial charge in [0.15, 0.2) is 0 Å². The van der Waals surface area contributed by atoms with Crippen molar-refractivity contribution in [3.8, 4) is 12.3 Å². The van der Waals surface area contributed by atoms with Gasteiger partial charge in [-0.3, -0.25) is 4.79 Å². The van der Waals surface area contributed by atoms with Crippen molar-refractivity contribution in [1.29, 1.82) is 0 Å². The van der Waals surface area contributed by atoms with Crippen LogP contribution in [0.15, 0.2) is 34.7 Å². The molecule has 2 aromatic rings. The number of carbonyl (C=O) groups excluding carboxylic acids is 1. The van der Waals surface area contributed by atoms with Crippen LogP contribution in [0.3, 0.4) is 0 Å². The van der Waals surface area contributed by atoms with E-state index in [9.17, 15) is 4.79 Å². The molecule has 0 spiro atoms. The number of hydrogen-bond acceptors (Lipinski definition) is 5. The van der Waals surface area contributed by atoms with Gasteiger partial charge >= 0.3 is 0 Å². The summed E-state index contributed by atoms with van der Waals surface area (Å²) in [5.74, 6) is 4.34. The van der Waals surface area contributed by atoms with Gasteiger partial charge in [-0.05, 0) is 24.9 Å². The molecule has 2 fully saturated rings. The van der Waals surface area contributed by atoms with Crippen LogP contribution in [0.25, 0.3) is 0 Å². The first-order chi connectivity index (χ1) is 13.3. The molecule has 1 aromatic carbocycles. The third kappa shape index (κ3) is 3.74. The maximum Gasteiger partial charge on any atom is 0.234 e. The molecule has 2 aliphatic rings. The number of hydrogen-bond donors (Lipinski definition) is 1. The zero-order chi connectivity index (χ0) is 18.6. The molecule has 2 saturated heterocycles. The highest BCUT2D eigenvalue weighted by Gasteiger charge is 2.37. The standard InChI is InChI=1S/C21H24N4O2/c1-2-3-11-18(26)25-13-16(14-25)20-23-24-21(27-20)19-17(10-7-12-22-19)15-8-5-4-6-9-15/h1,4-6,8-9,16-17,19,22H,3,7,10-14H2/t17-,19-/m0/s1. The molecular weight excluding hydrogens is 340 g/mol. The fourth-order valence-electron chi connectivity index (χ4n) is 3.92. The Labute approximate surface area is 159 Å². The van der Waals surface area contributed by atoms with Crippen molar-refractivity contribution in [2.45, 2.75) is 43.6 Å². The molecule has 2 aliphatic heterocycles. The van der Waals surface area contributed by atoms with Crippen LogP contribution in [0.1, 0.15) is 60.9 Å². The number of nitrogens with one attached hydrogen (secondary N) is 1. The molecule has 0 bridgehead atoms. The topological polar surface area (TPSA) is 71.3 Å². The SMILES string of the molecule is C#CCCC(=O)N1CC(c2nnc([C@H]3NCCC[C@H]3c3ccccc3)o2)C1. The zero-order valence-electron chi connectivity index (χ0n) is 15.3. The summed E-state index contributed by atoms with van der Waals surface area (Å²) in [5, 5.41) is 12.1. The monoisotopic (exact) mass is 364 g/mol. The maximum absolute atomic E-state index is 12.0. The summed E-state index contributed by atoms with van der Waals surface area (Å²) < 4.78 is 6.03. The van der Waals surface area contributed by atoms with Crippen LogP contribution < -0.4 is 5.32 Å². The Hall–Kier alpha value is -2.65. The molecule has 6 heteroatoms. The summed E-state index contributed by atoms with van der Waals surface area (Å²) in [6, 6.07) is 10.5. The van der Waals surface area contributed by atoms with Gasteiger partial charge in [-0.15, -0.1) is 22.5 Å². The van der Waals surface area contributed by atoms with E-state index in [1.165, 1.54) is 5.56 Å². The molecule has 0 aliphatic carbocycles. The minimum atomic E-state index is 0.0378. The van der Waals surface area contributed by atoms with E-state index in [0.717, 1.165) is 19.4 Å². The molecule has 4 rings (SSSR count). The van der Waals surface area contributed by atoms with Crippen molar-refractivity contribution in [2.75, 3.05) is 19.6 Å². The van der Waals surface area contributed by atoms with Gasteiger partial charge in [0.25, 0.3) is 0 Å². The number of carbonyl (C=O) groups is 1. The van der Waals surface area contributed by atoms with Gasteiger partial charge in [-0.1, -0.05) is 30.3 Å². The number of amides is 1. The number of rotatable bonds is 5. The minimum Gasteiger partial charge on any atom is -0.423 e. The highest BCUT2D eigenvalue weighted by Crippen LogP contribution is 2.37. The second-order valence-corrected chi connectivity index (χ2v) is 7.27. The van der Waals surface area contributed by atoms with Gasteiger partial charge in [-0.25, -0.2) is 0 Å². The van der Waals surface area contributed by atoms with E-state index in [2.05, 4.69) is 45.7 Å². The largest absolute Gasteiger partial charge is 0.423 e. The molecule has 0 unspecified atom stereocenters. The molecule has 140 valence electrons. The van der Waals surface area contributed by atoms with Crippen LogP contribution in [0, 0.1) is 12.3 Å². The van der Waals surface area contributed by atoms with Crippen LogP contribution in [-0.4, -0.2) is 40.6 Å². The Bertz CT molecular complexity index is 820. The molecule has 1 N–H and O–H groups in total. The average Bonchev–Trinajstić information content (AvgIpc) is 3.15. The van der Waals surface area contributed by atoms with Crippen LogP contribution in [0.4, 0.5) is 0 Å². The first-order valence-corrected chi connectivity index (χ1v) is 9.59. The first-order valence-electron chi connectivity index (χ1n) is 9.59. The van der Waals surface area contributed by atoms with Crippen molar-refractivity contribution in [3.63, 3.8) is 0 Å². The summed E-state index contributed by atoms with van der Waals surface area (Å²) >= 11 is 0. The van der Waals surface area contributed by atoms with Gasteiger partial charge in [0.1, 0.15) is 0 Å². The number of piperidine rings is 1. The lowest BCUT2D eigenvalue weighted by Gasteiger charge is -2.37. The van der Waals surface area contributed by atoms with Gasteiger partial charge in [0.2, 0.25) is 17.7 Å². The van der Waals surface area contributed by atoms with E-state index in [4.69, 9.17) is 10.8 Å². The Morgan fingerprint density at radius 3 is 2.81 bits per heavy atom. The Kier molecular flexibility index (Phi) is 5.21. The van der Waals surface area contributed by atoms with Gasteiger partial charge < -0.3 is 14.6 Å². The molecule has 1 aromatic heterocycles. The molecule has 2 atom stereocenters. The van der Waals surface area contributed by atoms with Crippen molar-refractivity contribution in [3.05, 3.63) is 47.7 Å². The molecule has 0 saturated carbocycles. The molecular formula is C21H24N4O2. The van der Waals surface area contributed by atoms with Crippen molar-refractivity contribution in [1.82, 2.24) is 20.4 Å². The Morgan fingerprint density at radius 2 is 2.04 bits per heavy atom. The molecule has 1 amide bonds. The quantitative estimate of drug-likeness (QED) is 0.826. The van der Waals surface area contributed by atoms with E-state index in [-0.39, 0.29) is 17.9 Å².